The van der Waals surface area contributed by atoms with E-state index in [2.05, 4.69) is 26.2 Å². The van der Waals surface area contributed by atoms with Crippen LogP contribution in [0.4, 0.5) is 5.82 Å². The van der Waals surface area contributed by atoms with Crippen LogP contribution in [0.25, 0.3) is 11.4 Å². The average molecular weight is 387 g/mol. The van der Waals surface area contributed by atoms with Crippen LogP contribution in [0.15, 0.2) is 22.7 Å². The topological polar surface area (TPSA) is 37.8 Å². The molecule has 3 rings (SSSR count). The standard InChI is InChI=1S/C15H14BrCl2N3/c1-2-19-15-11(16)13(8-6-7-8)20-14(21-15)9-4-3-5-10(17)12(9)18/h3-5,8H,2,6-7H2,1H3,(H,19,20,21). The molecule has 0 amide bonds. The van der Waals surface area contributed by atoms with Crippen LogP contribution in [0.2, 0.25) is 10.0 Å². The highest BCUT2D eigenvalue weighted by molar-refractivity contribution is 9.10. The Kier molecular flexibility index (Phi) is 4.38. The van der Waals surface area contributed by atoms with Crippen molar-refractivity contribution in [3.8, 4) is 11.4 Å². The van der Waals surface area contributed by atoms with Crippen molar-refractivity contribution in [2.45, 2.75) is 25.7 Å². The molecule has 1 saturated carbocycles. The van der Waals surface area contributed by atoms with E-state index in [0.717, 1.165) is 28.1 Å². The molecule has 1 aromatic carbocycles. The second-order valence-corrected chi connectivity index (χ2v) is 6.58. The van der Waals surface area contributed by atoms with Crippen LogP contribution in [-0.2, 0) is 0 Å². The Balaban J connectivity index is 2.15. The minimum Gasteiger partial charge on any atom is -0.369 e. The number of hydrogen-bond acceptors (Lipinski definition) is 3. The molecule has 0 bridgehead atoms. The molecule has 3 nitrogen and oxygen atoms in total. The Morgan fingerprint density at radius 1 is 1.29 bits per heavy atom. The van der Waals surface area contributed by atoms with Gasteiger partial charge in [-0.1, -0.05) is 29.3 Å². The molecule has 1 aliphatic rings. The molecule has 0 unspecified atom stereocenters. The van der Waals surface area contributed by atoms with Crippen LogP contribution < -0.4 is 5.32 Å². The molecule has 1 heterocycles. The van der Waals surface area contributed by atoms with Gasteiger partial charge >= 0.3 is 0 Å². The molecule has 21 heavy (non-hydrogen) atoms. The van der Waals surface area contributed by atoms with Crippen molar-refractivity contribution in [2.75, 3.05) is 11.9 Å². The van der Waals surface area contributed by atoms with Gasteiger partial charge in [-0.2, -0.15) is 0 Å². The van der Waals surface area contributed by atoms with E-state index >= 15 is 0 Å². The zero-order valence-corrected chi connectivity index (χ0v) is 14.6. The van der Waals surface area contributed by atoms with E-state index in [1.807, 2.05) is 19.1 Å². The van der Waals surface area contributed by atoms with Crippen molar-refractivity contribution < 1.29 is 0 Å². The Morgan fingerprint density at radius 3 is 2.71 bits per heavy atom. The lowest BCUT2D eigenvalue weighted by molar-refractivity contribution is 0.974. The van der Waals surface area contributed by atoms with Crippen LogP contribution in [0.1, 0.15) is 31.4 Å². The summed E-state index contributed by atoms with van der Waals surface area (Å²) < 4.78 is 0.953. The minimum atomic E-state index is 0.491. The lowest BCUT2D eigenvalue weighted by Crippen LogP contribution is -2.06. The summed E-state index contributed by atoms with van der Waals surface area (Å²) in [5.41, 5.74) is 1.81. The SMILES string of the molecule is CCNc1nc(-c2cccc(Cl)c2Cl)nc(C2CC2)c1Br. The van der Waals surface area contributed by atoms with Gasteiger partial charge in [0.2, 0.25) is 0 Å². The predicted molar refractivity (Wildman–Crippen MR) is 91.3 cm³/mol. The quantitative estimate of drug-likeness (QED) is 0.751. The zero-order chi connectivity index (χ0) is 15.0. The molecule has 1 fully saturated rings. The van der Waals surface area contributed by atoms with Crippen LogP contribution >= 0.6 is 39.1 Å². The predicted octanol–water partition coefficient (Wildman–Crippen LogP) is 5.52. The monoisotopic (exact) mass is 385 g/mol. The number of benzene rings is 1. The summed E-state index contributed by atoms with van der Waals surface area (Å²) >= 11 is 16.0. The molecule has 0 spiro atoms. The van der Waals surface area contributed by atoms with Gasteiger partial charge in [-0.05, 0) is 47.8 Å². The summed E-state index contributed by atoms with van der Waals surface area (Å²) in [6.45, 7) is 2.83. The van der Waals surface area contributed by atoms with Gasteiger partial charge in [0.05, 0.1) is 20.2 Å². The first-order valence-electron chi connectivity index (χ1n) is 6.87. The number of aromatic nitrogens is 2. The van der Waals surface area contributed by atoms with E-state index in [0.29, 0.717) is 21.8 Å². The molecule has 0 saturated heterocycles. The second-order valence-electron chi connectivity index (χ2n) is 5.00. The van der Waals surface area contributed by atoms with Gasteiger partial charge in [-0.15, -0.1) is 0 Å². The van der Waals surface area contributed by atoms with Gasteiger partial charge in [0.1, 0.15) is 5.82 Å². The van der Waals surface area contributed by atoms with Crippen molar-refractivity contribution in [1.82, 2.24) is 9.97 Å². The third kappa shape index (κ3) is 3.03. The molecule has 110 valence electrons. The van der Waals surface area contributed by atoms with Crippen molar-refractivity contribution in [3.63, 3.8) is 0 Å². The van der Waals surface area contributed by atoms with Crippen molar-refractivity contribution in [1.29, 1.82) is 0 Å². The Bertz CT molecular complexity index is 687. The summed E-state index contributed by atoms with van der Waals surface area (Å²) in [6, 6.07) is 5.52. The molecular formula is C15H14BrCl2N3. The summed E-state index contributed by atoms with van der Waals surface area (Å²) in [6.07, 6.45) is 2.34. The largest absolute Gasteiger partial charge is 0.369 e. The van der Waals surface area contributed by atoms with Crippen LogP contribution in [-0.4, -0.2) is 16.5 Å². The van der Waals surface area contributed by atoms with Gasteiger partial charge in [-0.3, -0.25) is 0 Å². The molecule has 1 aromatic heterocycles. The highest BCUT2D eigenvalue weighted by Gasteiger charge is 2.29. The smallest absolute Gasteiger partial charge is 0.163 e. The Hall–Kier alpha value is -0.840. The van der Waals surface area contributed by atoms with Gasteiger partial charge in [0.25, 0.3) is 0 Å². The van der Waals surface area contributed by atoms with Gasteiger partial charge in [-0.25, -0.2) is 9.97 Å². The number of hydrogen-bond donors (Lipinski definition) is 1. The third-order valence-corrected chi connectivity index (χ3v) is 4.98. The van der Waals surface area contributed by atoms with Crippen molar-refractivity contribution in [3.05, 3.63) is 38.4 Å². The number of nitrogens with zero attached hydrogens (tertiary/aromatic N) is 2. The Morgan fingerprint density at radius 2 is 2.05 bits per heavy atom. The maximum atomic E-state index is 6.30. The van der Waals surface area contributed by atoms with Gasteiger partial charge in [0, 0.05) is 18.0 Å². The van der Waals surface area contributed by atoms with Gasteiger partial charge in [0.15, 0.2) is 5.82 Å². The van der Waals surface area contributed by atoms with Crippen LogP contribution in [0.3, 0.4) is 0 Å². The van der Waals surface area contributed by atoms with Crippen molar-refractivity contribution >= 4 is 44.9 Å². The summed E-state index contributed by atoms with van der Waals surface area (Å²) in [5.74, 6) is 1.93. The number of halogens is 3. The fraction of sp³-hybridized carbons (Fsp3) is 0.333. The summed E-state index contributed by atoms with van der Waals surface area (Å²) in [7, 11) is 0. The fourth-order valence-electron chi connectivity index (χ4n) is 2.17. The zero-order valence-electron chi connectivity index (χ0n) is 11.5. The first-order chi connectivity index (χ1) is 10.1. The van der Waals surface area contributed by atoms with E-state index < -0.39 is 0 Å². The second kappa shape index (κ2) is 6.11. The van der Waals surface area contributed by atoms with E-state index in [1.54, 1.807) is 6.07 Å². The molecular weight excluding hydrogens is 373 g/mol. The lowest BCUT2D eigenvalue weighted by atomic mass is 10.2. The van der Waals surface area contributed by atoms with E-state index in [-0.39, 0.29) is 0 Å². The Labute approximate surface area is 142 Å². The lowest BCUT2D eigenvalue weighted by Gasteiger charge is -2.13. The third-order valence-electron chi connectivity index (χ3n) is 3.38. The van der Waals surface area contributed by atoms with E-state index in [9.17, 15) is 0 Å². The molecule has 6 heteroatoms. The van der Waals surface area contributed by atoms with E-state index in [4.69, 9.17) is 28.2 Å². The number of rotatable bonds is 4. The average Bonchev–Trinajstić information content (AvgIpc) is 3.29. The van der Waals surface area contributed by atoms with Gasteiger partial charge < -0.3 is 5.32 Å². The van der Waals surface area contributed by atoms with Crippen LogP contribution in [0, 0.1) is 0 Å². The minimum absolute atomic E-state index is 0.491. The molecule has 0 radical (unpaired) electrons. The number of anilines is 1. The molecule has 2 aromatic rings. The summed E-state index contributed by atoms with van der Waals surface area (Å²) in [5, 5.41) is 4.27. The first-order valence-corrected chi connectivity index (χ1v) is 8.42. The normalized spacial score (nSPS) is 14.3. The first kappa shape index (κ1) is 15.1. The molecule has 0 atom stereocenters. The number of nitrogens with one attached hydrogen (secondary N) is 1. The van der Waals surface area contributed by atoms with Crippen molar-refractivity contribution in [2.24, 2.45) is 0 Å². The highest BCUT2D eigenvalue weighted by atomic mass is 79.9. The maximum Gasteiger partial charge on any atom is 0.163 e. The fourth-order valence-corrected chi connectivity index (χ4v) is 3.20. The van der Waals surface area contributed by atoms with Crippen LogP contribution in [0.5, 0.6) is 0 Å². The molecule has 0 aliphatic heterocycles. The highest BCUT2D eigenvalue weighted by Crippen LogP contribution is 2.45. The maximum absolute atomic E-state index is 6.30. The van der Waals surface area contributed by atoms with E-state index in [1.165, 1.54) is 12.8 Å². The molecule has 1 N–H and O–H groups in total. The summed E-state index contributed by atoms with van der Waals surface area (Å²) in [4.78, 5) is 9.30. The molecule has 1 aliphatic carbocycles.